The van der Waals surface area contributed by atoms with E-state index in [-0.39, 0.29) is 0 Å². The van der Waals surface area contributed by atoms with Gasteiger partial charge in [-0.25, -0.2) is 9.97 Å². The van der Waals surface area contributed by atoms with E-state index in [4.69, 9.17) is 9.97 Å². The van der Waals surface area contributed by atoms with E-state index in [9.17, 15) is 0 Å². The van der Waals surface area contributed by atoms with Gasteiger partial charge in [0.15, 0.2) is 0 Å². The lowest BCUT2D eigenvalue weighted by atomic mass is 9.99. The SMILES string of the molecule is CCCC(C)c1nc(C(C)C)nc2c1ccn2-c1ccccc1. The quantitative estimate of drug-likeness (QED) is 0.627. The molecule has 0 fully saturated rings. The summed E-state index contributed by atoms with van der Waals surface area (Å²) in [5.41, 5.74) is 3.35. The lowest BCUT2D eigenvalue weighted by Gasteiger charge is -2.15. The van der Waals surface area contributed by atoms with E-state index in [1.165, 1.54) is 17.5 Å². The van der Waals surface area contributed by atoms with E-state index in [0.29, 0.717) is 11.8 Å². The van der Waals surface area contributed by atoms with E-state index in [1.807, 2.05) is 6.07 Å². The molecule has 3 rings (SSSR count). The van der Waals surface area contributed by atoms with Gasteiger partial charge in [0.05, 0.1) is 5.69 Å². The molecule has 2 heterocycles. The molecule has 0 spiro atoms. The smallest absolute Gasteiger partial charge is 0.148 e. The Morgan fingerprint density at radius 2 is 1.74 bits per heavy atom. The summed E-state index contributed by atoms with van der Waals surface area (Å²) in [5, 5.41) is 1.18. The number of aromatic nitrogens is 3. The van der Waals surface area contributed by atoms with E-state index in [1.54, 1.807) is 0 Å². The number of rotatable bonds is 5. The zero-order valence-electron chi connectivity index (χ0n) is 14.5. The van der Waals surface area contributed by atoms with Crippen molar-refractivity contribution in [2.75, 3.05) is 0 Å². The molecule has 2 aromatic heterocycles. The van der Waals surface area contributed by atoms with Crippen molar-refractivity contribution in [1.82, 2.24) is 14.5 Å². The maximum atomic E-state index is 4.90. The van der Waals surface area contributed by atoms with Gasteiger partial charge in [0.2, 0.25) is 0 Å². The molecule has 0 amide bonds. The average Bonchev–Trinajstić information content (AvgIpc) is 2.98. The minimum absolute atomic E-state index is 0.325. The summed E-state index contributed by atoms with van der Waals surface area (Å²) in [6.07, 6.45) is 4.43. The van der Waals surface area contributed by atoms with Crippen molar-refractivity contribution in [1.29, 1.82) is 0 Å². The minimum atomic E-state index is 0.325. The number of fused-ring (bicyclic) bond motifs is 1. The van der Waals surface area contributed by atoms with E-state index < -0.39 is 0 Å². The molecule has 0 saturated carbocycles. The van der Waals surface area contributed by atoms with Crippen LogP contribution in [0.5, 0.6) is 0 Å². The summed E-state index contributed by atoms with van der Waals surface area (Å²) in [4.78, 5) is 9.77. The van der Waals surface area contributed by atoms with Crippen LogP contribution in [0.15, 0.2) is 42.6 Å². The molecule has 1 aromatic carbocycles. The van der Waals surface area contributed by atoms with Crippen molar-refractivity contribution in [2.24, 2.45) is 0 Å². The second-order valence-electron chi connectivity index (χ2n) is 6.57. The molecule has 0 saturated heterocycles. The topological polar surface area (TPSA) is 30.7 Å². The van der Waals surface area contributed by atoms with Crippen LogP contribution < -0.4 is 0 Å². The molecule has 0 radical (unpaired) electrons. The summed E-state index contributed by atoms with van der Waals surface area (Å²) < 4.78 is 2.17. The van der Waals surface area contributed by atoms with E-state index >= 15 is 0 Å². The lowest BCUT2D eigenvalue weighted by molar-refractivity contribution is 0.640. The first-order valence-corrected chi connectivity index (χ1v) is 8.56. The predicted molar refractivity (Wildman–Crippen MR) is 96.3 cm³/mol. The van der Waals surface area contributed by atoms with Gasteiger partial charge in [-0.2, -0.15) is 0 Å². The molecule has 0 aliphatic carbocycles. The molecular formula is C20H25N3. The van der Waals surface area contributed by atoms with Gasteiger partial charge in [-0.05, 0) is 30.5 Å². The van der Waals surface area contributed by atoms with Crippen molar-refractivity contribution in [2.45, 2.75) is 52.4 Å². The molecular weight excluding hydrogens is 282 g/mol. The van der Waals surface area contributed by atoms with Gasteiger partial charge in [0.25, 0.3) is 0 Å². The van der Waals surface area contributed by atoms with Gasteiger partial charge in [-0.1, -0.05) is 52.3 Å². The molecule has 3 aromatic rings. The number of nitrogens with zero attached hydrogens (tertiary/aromatic N) is 3. The van der Waals surface area contributed by atoms with Gasteiger partial charge in [0.1, 0.15) is 11.5 Å². The van der Waals surface area contributed by atoms with Crippen molar-refractivity contribution in [3.05, 3.63) is 54.1 Å². The van der Waals surface area contributed by atoms with Crippen LogP contribution in [-0.2, 0) is 0 Å². The monoisotopic (exact) mass is 307 g/mol. The molecule has 120 valence electrons. The van der Waals surface area contributed by atoms with Crippen LogP contribution in [0, 0.1) is 0 Å². The Morgan fingerprint density at radius 3 is 2.39 bits per heavy atom. The van der Waals surface area contributed by atoms with E-state index in [2.05, 4.69) is 68.8 Å². The molecule has 3 nitrogen and oxygen atoms in total. The van der Waals surface area contributed by atoms with E-state index in [0.717, 1.165) is 23.6 Å². The van der Waals surface area contributed by atoms with Gasteiger partial charge in [0, 0.05) is 23.2 Å². The van der Waals surface area contributed by atoms with Gasteiger partial charge >= 0.3 is 0 Å². The zero-order valence-corrected chi connectivity index (χ0v) is 14.5. The third kappa shape index (κ3) is 3.00. The first kappa shape index (κ1) is 15.7. The second-order valence-corrected chi connectivity index (χ2v) is 6.57. The number of benzene rings is 1. The van der Waals surface area contributed by atoms with Crippen LogP contribution in [0.4, 0.5) is 0 Å². The fourth-order valence-corrected chi connectivity index (χ4v) is 3.06. The van der Waals surface area contributed by atoms with Crippen molar-refractivity contribution >= 4 is 11.0 Å². The van der Waals surface area contributed by atoms with Crippen LogP contribution >= 0.6 is 0 Å². The zero-order chi connectivity index (χ0) is 16.4. The predicted octanol–water partition coefficient (Wildman–Crippen LogP) is 5.45. The summed E-state index contributed by atoms with van der Waals surface area (Å²) in [6, 6.07) is 12.6. The molecule has 3 heteroatoms. The molecule has 0 aliphatic rings. The van der Waals surface area contributed by atoms with Gasteiger partial charge in [-0.3, -0.25) is 0 Å². The molecule has 0 bridgehead atoms. The Bertz CT molecular complexity index is 787. The second kappa shape index (κ2) is 6.53. The average molecular weight is 307 g/mol. The summed E-state index contributed by atoms with van der Waals surface area (Å²) in [7, 11) is 0. The lowest BCUT2D eigenvalue weighted by Crippen LogP contribution is -2.07. The number of para-hydroxylation sites is 1. The summed E-state index contributed by atoms with van der Waals surface area (Å²) >= 11 is 0. The largest absolute Gasteiger partial charge is 0.301 e. The summed E-state index contributed by atoms with van der Waals surface area (Å²) in [6.45, 7) is 8.82. The van der Waals surface area contributed by atoms with Crippen LogP contribution in [0.3, 0.4) is 0 Å². The fraction of sp³-hybridized carbons (Fsp3) is 0.400. The highest BCUT2D eigenvalue weighted by molar-refractivity contribution is 5.81. The molecule has 1 atom stereocenters. The van der Waals surface area contributed by atoms with Crippen LogP contribution in [-0.4, -0.2) is 14.5 Å². The molecule has 23 heavy (non-hydrogen) atoms. The Morgan fingerprint density at radius 1 is 1.00 bits per heavy atom. The number of hydrogen-bond donors (Lipinski definition) is 0. The highest BCUT2D eigenvalue weighted by Crippen LogP contribution is 2.29. The first-order valence-electron chi connectivity index (χ1n) is 8.56. The minimum Gasteiger partial charge on any atom is -0.301 e. The third-order valence-electron chi connectivity index (χ3n) is 4.33. The Labute approximate surface area is 138 Å². The van der Waals surface area contributed by atoms with Gasteiger partial charge in [-0.15, -0.1) is 0 Å². The highest BCUT2D eigenvalue weighted by Gasteiger charge is 2.18. The molecule has 1 unspecified atom stereocenters. The standard InChI is InChI=1S/C20H25N3/c1-5-9-15(4)18-17-12-13-23(16-10-7-6-8-11-16)20(17)22-19(21-18)14(2)3/h6-8,10-15H,5,9H2,1-4H3. The fourth-order valence-electron chi connectivity index (χ4n) is 3.06. The van der Waals surface area contributed by atoms with Crippen LogP contribution in [0.1, 0.15) is 63.9 Å². The Kier molecular flexibility index (Phi) is 4.46. The normalized spacial score (nSPS) is 12.9. The maximum Gasteiger partial charge on any atom is 0.148 e. The van der Waals surface area contributed by atoms with Crippen molar-refractivity contribution in [3.63, 3.8) is 0 Å². The maximum absolute atomic E-state index is 4.90. The molecule has 0 aliphatic heterocycles. The highest BCUT2D eigenvalue weighted by atomic mass is 15.1. The summed E-state index contributed by atoms with van der Waals surface area (Å²) in [5.74, 6) is 1.71. The van der Waals surface area contributed by atoms with Crippen LogP contribution in [0.25, 0.3) is 16.7 Å². The van der Waals surface area contributed by atoms with Crippen LogP contribution in [0.2, 0.25) is 0 Å². The first-order chi connectivity index (χ1) is 11.1. The Hall–Kier alpha value is -2.16. The van der Waals surface area contributed by atoms with Crippen molar-refractivity contribution < 1.29 is 0 Å². The number of hydrogen-bond acceptors (Lipinski definition) is 2. The third-order valence-corrected chi connectivity index (χ3v) is 4.33. The van der Waals surface area contributed by atoms with Crippen molar-refractivity contribution in [3.8, 4) is 5.69 Å². The van der Waals surface area contributed by atoms with Gasteiger partial charge < -0.3 is 4.57 Å². The molecule has 0 N–H and O–H groups in total. The Balaban J connectivity index is 2.22.